The molecule has 2 N–H and O–H groups in total. The third-order valence-corrected chi connectivity index (χ3v) is 3.46. The van der Waals surface area contributed by atoms with E-state index in [0.29, 0.717) is 5.02 Å². The second kappa shape index (κ2) is 5.87. The summed E-state index contributed by atoms with van der Waals surface area (Å²) in [5.74, 6) is -0.756. The molecule has 5 nitrogen and oxygen atoms in total. The summed E-state index contributed by atoms with van der Waals surface area (Å²) >= 11 is 4.33. The Hall–Kier alpha value is -0.500. The van der Waals surface area contributed by atoms with E-state index in [1.165, 1.54) is 0 Å². The summed E-state index contributed by atoms with van der Waals surface area (Å²) in [6.07, 6.45) is -0.797. The molecule has 1 saturated heterocycles. The average Bonchev–Trinajstić information content (AvgIpc) is 2.62. The zero-order chi connectivity index (χ0) is 14.0. The van der Waals surface area contributed by atoms with Crippen LogP contribution in [0.5, 0.6) is 0 Å². The number of hydrogen-bond donors (Lipinski definition) is 1. The number of benzene rings is 1. The molecule has 1 unspecified atom stereocenters. The van der Waals surface area contributed by atoms with E-state index in [9.17, 15) is 4.21 Å². The molecule has 0 aromatic heterocycles. The standard InChI is InChI=1S/C12H16ClNO4S/c1-12(2)17-10(7-16-19(14)15)11(18-12)8-5-3-4-6-9(8)13/h3-6,10-11H,7,14H2,1-2H3/t10-,11-,19?/m1/s1. The van der Waals surface area contributed by atoms with Crippen molar-refractivity contribution in [2.75, 3.05) is 6.61 Å². The molecule has 0 radical (unpaired) electrons. The Morgan fingerprint density at radius 3 is 2.74 bits per heavy atom. The first-order chi connectivity index (χ1) is 8.89. The van der Waals surface area contributed by atoms with Crippen molar-refractivity contribution < 1.29 is 17.9 Å². The van der Waals surface area contributed by atoms with E-state index >= 15 is 0 Å². The number of halogens is 1. The smallest absolute Gasteiger partial charge is 0.231 e. The molecular formula is C12H16ClNO4S. The van der Waals surface area contributed by atoms with Crippen molar-refractivity contribution >= 4 is 22.9 Å². The summed E-state index contributed by atoms with van der Waals surface area (Å²) in [5, 5.41) is 5.67. The Kier molecular flexibility index (Phi) is 4.60. The van der Waals surface area contributed by atoms with Gasteiger partial charge in [0, 0.05) is 10.6 Å². The highest BCUT2D eigenvalue weighted by Crippen LogP contribution is 2.40. The van der Waals surface area contributed by atoms with Crippen LogP contribution in [0, 0.1) is 0 Å². The van der Waals surface area contributed by atoms with Gasteiger partial charge in [-0.05, 0) is 19.9 Å². The van der Waals surface area contributed by atoms with E-state index in [1.54, 1.807) is 19.9 Å². The zero-order valence-electron chi connectivity index (χ0n) is 10.7. The number of rotatable bonds is 4. The second-order valence-electron chi connectivity index (χ2n) is 4.66. The molecule has 0 saturated carbocycles. The highest BCUT2D eigenvalue weighted by Gasteiger charge is 2.43. The number of hydrogen-bond acceptors (Lipinski definition) is 4. The Morgan fingerprint density at radius 2 is 2.11 bits per heavy atom. The number of nitrogens with two attached hydrogens (primary N) is 1. The second-order valence-corrected chi connectivity index (χ2v) is 5.82. The topological polar surface area (TPSA) is 70.8 Å². The van der Waals surface area contributed by atoms with Crippen LogP contribution in [0.25, 0.3) is 0 Å². The van der Waals surface area contributed by atoms with Crippen LogP contribution >= 0.6 is 11.6 Å². The van der Waals surface area contributed by atoms with Gasteiger partial charge in [0.05, 0.1) is 6.61 Å². The Labute approximate surface area is 119 Å². The van der Waals surface area contributed by atoms with Crippen LogP contribution < -0.4 is 5.14 Å². The van der Waals surface area contributed by atoms with Crippen LogP contribution in [0.4, 0.5) is 0 Å². The van der Waals surface area contributed by atoms with Gasteiger partial charge in [0.25, 0.3) is 0 Å². The van der Waals surface area contributed by atoms with Gasteiger partial charge in [-0.1, -0.05) is 29.8 Å². The van der Waals surface area contributed by atoms with Crippen molar-refractivity contribution in [1.82, 2.24) is 0 Å². The highest BCUT2D eigenvalue weighted by molar-refractivity contribution is 7.77. The van der Waals surface area contributed by atoms with Crippen molar-refractivity contribution in [3.63, 3.8) is 0 Å². The Morgan fingerprint density at radius 1 is 1.42 bits per heavy atom. The largest absolute Gasteiger partial charge is 0.342 e. The third-order valence-electron chi connectivity index (χ3n) is 2.74. The van der Waals surface area contributed by atoms with Crippen LogP contribution in [0.1, 0.15) is 25.5 Å². The maximum atomic E-state index is 10.8. The first-order valence-corrected chi connectivity index (χ1v) is 7.30. The fraction of sp³-hybridized carbons (Fsp3) is 0.500. The molecule has 19 heavy (non-hydrogen) atoms. The Bertz CT molecular complexity index is 483. The van der Waals surface area contributed by atoms with E-state index in [-0.39, 0.29) is 12.7 Å². The van der Waals surface area contributed by atoms with E-state index in [0.717, 1.165) is 5.56 Å². The molecule has 1 aromatic rings. The summed E-state index contributed by atoms with van der Waals surface area (Å²) in [6.45, 7) is 3.68. The van der Waals surface area contributed by atoms with Crippen LogP contribution in [0.2, 0.25) is 5.02 Å². The summed E-state index contributed by atoms with van der Waals surface area (Å²) in [7, 11) is 0. The summed E-state index contributed by atoms with van der Waals surface area (Å²) < 4.78 is 27.3. The van der Waals surface area contributed by atoms with Crippen molar-refractivity contribution in [1.29, 1.82) is 0 Å². The highest BCUT2D eigenvalue weighted by atomic mass is 35.5. The van der Waals surface area contributed by atoms with Gasteiger partial charge >= 0.3 is 0 Å². The predicted octanol–water partition coefficient (Wildman–Crippen LogP) is 2.09. The lowest BCUT2D eigenvalue weighted by molar-refractivity contribution is -0.148. The molecule has 2 rings (SSSR count). The molecule has 3 atom stereocenters. The summed E-state index contributed by atoms with van der Waals surface area (Å²) in [4.78, 5) is 0. The average molecular weight is 306 g/mol. The molecule has 1 aliphatic rings. The molecule has 0 bridgehead atoms. The van der Waals surface area contributed by atoms with Gasteiger partial charge in [-0.3, -0.25) is 4.18 Å². The zero-order valence-corrected chi connectivity index (χ0v) is 12.2. The molecule has 1 aromatic carbocycles. The van der Waals surface area contributed by atoms with Gasteiger partial charge < -0.3 is 9.47 Å². The van der Waals surface area contributed by atoms with Gasteiger partial charge in [-0.15, -0.1) is 0 Å². The fourth-order valence-corrected chi connectivity index (χ4v) is 2.57. The molecular weight excluding hydrogens is 290 g/mol. The van der Waals surface area contributed by atoms with Gasteiger partial charge in [0.2, 0.25) is 11.3 Å². The lowest BCUT2D eigenvalue weighted by Gasteiger charge is -2.17. The van der Waals surface area contributed by atoms with E-state index in [1.807, 2.05) is 18.2 Å². The van der Waals surface area contributed by atoms with E-state index in [4.69, 9.17) is 30.4 Å². The molecule has 0 amide bonds. The monoisotopic (exact) mass is 305 g/mol. The maximum Gasteiger partial charge on any atom is 0.231 e. The molecule has 1 aliphatic heterocycles. The molecule has 106 valence electrons. The third kappa shape index (κ3) is 3.75. The van der Waals surface area contributed by atoms with E-state index in [2.05, 4.69) is 0 Å². The normalized spacial score (nSPS) is 27.4. The quantitative estimate of drug-likeness (QED) is 0.924. The first-order valence-electron chi connectivity index (χ1n) is 5.78. The minimum Gasteiger partial charge on any atom is -0.342 e. The van der Waals surface area contributed by atoms with Crippen LogP contribution in [-0.4, -0.2) is 22.7 Å². The van der Waals surface area contributed by atoms with Gasteiger partial charge in [-0.2, -0.15) is 0 Å². The van der Waals surface area contributed by atoms with Crippen molar-refractivity contribution in [3.8, 4) is 0 Å². The molecule has 0 aliphatic carbocycles. The molecule has 7 heteroatoms. The minimum absolute atomic E-state index is 0.0719. The van der Waals surface area contributed by atoms with Crippen LogP contribution in [0.15, 0.2) is 24.3 Å². The Balaban J connectivity index is 2.21. The molecule has 1 heterocycles. The van der Waals surface area contributed by atoms with Crippen molar-refractivity contribution in [2.45, 2.75) is 31.8 Å². The molecule has 1 fully saturated rings. The van der Waals surface area contributed by atoms with E-state index < -0.39 is 23.2 Å². The lowest BCUT2D eigenvalue weighted by atomic mass is 10.1. The van der Waals surface area contributed by atoms with Crippen molar-refractivity contribution in [2.24, 2.45) is 5.14 Å². The number of ether oxygens (including phenoxy) is 2. The van der Waals surface area contributed by atoms with Crippen LogP contribution in [-0.2, 0) is 24.9 Å². The lowest BCUT2D eigenvalue weighted by Crippen LogP contribution is -2.26. The minimum atomic E-state index is -1.83. The van der Waals surface area contributed by atoms with Gasteiger partial charge in [0.15, 0.2) is 5.79 Å². The van der Waals surface area contributed by atoms with Gasteiger partial charge in [0.1, 0.15) is 12.2 Å². The van der Waals surface area contributed by atoms with Crippen LogP contribution in [0.3, 0.4) is 0 Å². The first kappa shape index (κ1) is 14.9. The maximum absolute atomic E-state index is 10.8. The summed E-state index contributed by atoms with van der Waals surface area (Å²) in [6, 6.07) is 7.36. The summed E-state index contributed by atoms with van der Waals surface area (Å²) in [5.41, 5.74) is 0.811. The van der Waals surface area contributed by atoms with Crippen molar-refractivity contribution in [3.05, 3.63) is 34.9 Å². The molecule has 0 spiro atoms. The fourth-order valence-electron chi connectivity index (χ4n) is 2.06. The predicted molar refractivity (Wildman–Crippen MR) is 72.5 cm³/mol. The van der Waals surface area contributed by atoms with Gasteiger partial charge in [-0.25, -0.2) is 9.35 Å². The SMILES string of the molecule is CC1(C)O[C@H](c2ccccc2Cl)[C@@H](COS(N)=O)O1.